The summed E-state index contributed by atoms with van der Waals surface area (Å²) in [7, 11) is 1.95. The third kappa shape index (κ3) is 4.39. The molecular weight excluding hydrogens is 325 g/mol. The van der Waals surface area contributed by atoms with Gasteiger partial charge in [0.2, 0.25) is 0 Å². The molecule has 17 heavy (non-hydrogen) atoms. The van der Waals surface area contributed by atoms with Gasteiger partial charge in [-0.2, -0.15) is 0 Å². The van der Waals surface area contributed by atoms with Crippen molar-refractivity contribution in [2.24, 2.45) is 0 Å². The molecule has 3 nitrogen and oxygen atoms in total. The number of pyridine rings is 2. The number of hydrogen-bond acceptors (Lipinski definition) is 3. The van der Waals surface area contributed by atoms with Gasteiger partial charge in [0.25, 0.3) is 0 Å². The number of likely N-dealkylation sites (N-methyl/N-ethyl adjacent to an activating group) is 1. The van der Waals surface area contributed by atoms with Crippen molar-refractivity contribution in [1.82, 2.24) is 15.3 Å². The molecule has 2 rings (SSSR count). The fourth-order valence-electron chi connectivity index (χ4n) is 1.45. The Morgan fingerprint density at radius 3 is 2.59 bits per heavy atom. The van der Waals surface area contributed by atoms with Crippen molar-refractivity contribution < 1.29 is 0 Å². The lowest BCUT2D eigenvalue weighted by molar-refractivity contribution is 0.790. The Bertz CT molecular complexity index is 479. The fraction of sp³-hybridized carbons (Fsp3) is 0.273. The van der Waals surface area contributed by atoms with Gasteiger partial charge in [-0.1, -0.05) is 0 Å². The van der Waals surface area contributed by atoms with Crippen molar-refractivity contribution in [3.63, 3.8) is 0 Å². The number of halogens is 3. The van der Waals surface area contributed by atoms with E-state index in [1.165, 1.54) is 5.56 Å². The molecule has 0 fully saturated rings. The van der Waals surface area contributed by atoms with Crippen LogP contribution in [0.2, 0.25) is 0 Å². The van der Waals surface area contributed by atoms with E-state index in [-0.39, 0.29) is 24.8 Å². The van der Waals surface area contributed by atoms with Gasteiger partial charge in [0.05, 0.1) is 0 Å². The standard InChI is InChI=1S/C11H12BrN3.2ClH/c1-13-3-2-8-4-9-5-10(12)7-15-11(9)14-6-8;;/h4-7,13H,2-3H2,1H3;2*1H. The van der Waals surface area contributed by atoms with Crippen LogP contribution in [0.25, 0.3) is 11.0 Å². The summed E-state index contributed by atoms with van der Waals surface area (Å²) in [6.45, 7) is 0.967. The second-order valence-electron chi connectivity index (χ2n) is 3.40. The predicted molar refractivity (Wildman–Crippen MR) is 79.4 cm³/mol. The Balaban J connectivity index is 0.00000128. The first-order valence-corrected chi connectivity index (χ1v) is 5.63. The molecule has 94 valence electrons. The van der Waals surface area contributed by atoms with Crippen molar-refractivity contribution in [3.05, 3.63) is 34.6 Å². The molecule has 2 heterocycles. The normalized spacial score (nSPS) is 9.53. The van der Waals surface area contributed by atoms with Crippen LogP contribution in [0.1, 0.15) is 5.56 Å². The van der Waals surface area contributed by atoms with Crippen LogP contribution in [0.3, 0.4) is 0 Å². The number of rotatable bonds is 3. The largest absolute Gasteiger partial charge is 0.319 e. The average molecular weight is 339 g/mol. The Hall–Kier alpha value is -0.420. The van der Waals surface area contributed by atoms with E-state index in [2.05, 4.69) is 37.3 Å². The quantitative estimate of drug-likeness (QED) is 0.934. The second kappa shape index (κ2) is 7.82. The molecule has 0 aliphatic rings. The molecule has 0 aromatic carbocycles. The molecule has 0 aliphatic heterocycles. The van der Waals surface area contributed by atoms with Crippen LogP contribution < -0.4 is 5.32 Å². The van der Waals surface area contributed by atoms with Crippen molar-refractivity contribution in [2.75, 3.05) is 13.6 Å². The molecule has 0 radical (unpaired) electrons. The van der Waals surface area contributed by atoms with E-state index in [1.54, 1.807) is 6.20 Å². The molecule has 0 atom stereocenters. The Morgan fingerprint density at radius 1 is 1.18 bits per heavy atom. The van der Waals surface area contributed by atoms with Gasteiger partial charge in [-0.3, -0.25) is 0 Å². The Labute approximate surface area is 121 Å². The predicted octanol–water partition coefficient (Wildman–Crippen LogP) is 3.00. The Kier molecular flexibility index (Phi) is 7.63. The van der Waals surface area contributed by atoms with E-state index < -0.39 is 0 Å². The highest BCUT2D eigenvalue weighted by atomic mass is 79.9. The Morgan fingerprint density at radius 2 is 1.88 bits per heavy atom. The minimum Gasteiger partial charge on any atom is -0.319 e. The van der Waals surface area contributed by atoms with E-state index in [0.717, 1.165) is 28.5 Å². The zero-order valence-corrected chi connectivity index (χ0v) is 12.5. The third-order valence-corrected chi connectivity index (χ3v) is 2.65. The van der Waals surface area contributed by atoms with Crippen LogP contribution in [0, 0.1) is 0 Å². The van der Waals surface area contributed by atoms with Gasteiger partial charge >= 0.3 is 0 Å². The van der Waals surface area contributed by atoms with Crippen molar-refractivity contribution in [1.29, 1.82) is 0 Å². The number of nitrogens with one attached hydrogen (secondary N) is 1. The molecular formula is C11H14BrCl2N3. The maximum absolute atomic E-state index is 4.32. The van der Waals surface area contributed by atoms with E-state index in [9.17, 15) is 0 Å². The number of fused-ring (bicyclic) bond motifs is 1. The van der Waals surface area contributed by atoms with Gasteiger partial charge < -0.3 is 5.32 Å². The first-order valence-electron chi connectivity index (χ1n) is 4.84. The lowest BCUT2D eigenvalue weighted by Gasteiger charge is -2.02. The van der Waals surface area contributed by atoms with Gasteiger partial charge in [-0.05, 0) is 53.6 Å². The fourth-order valence-corrected chi connectivity index (χ4v) is 1.80. The molecule has 0 bridgehead atoms. The lowest BCUT2D eigenvalue weighted by Crippen LogP contribution is -2.10. The summed E-state index contributed by atoms with van der Waals surface area (Å²) in [6.07, 6.45) is 4.65. The van der Waals surface area contributed by atoms with Crippen LogP contribution in [0.4, 0.5) is 0 Å². The zero-order valence-electron chi connectivity index (χ0n) is 9.31. The van der Waals surface area contributed by atoms with Crippen molar-refractivity contribution >= 4 is 51.8 Å². The number of aromatic nitrogens is 2. The van der Waals surface area contributed by atoms with Crippen LogP contribution in [0.15, 0.2) is 29.0 Å². The van der Waals surface area contributed by atoms with Gasteiger partial charge in [0.1, 0.15) is 0 Å². The maximum atomic E-state index is 4.32. The molecule has 1 N–H and O–H groups in total. The SMILES string of the molecule is CNCCc1cnc2ncc(Br)cc2c1.Cl.Cl. The summed E-state index contributed by atoms with van der Waals surface area (Å²) in [5.41, 5.74) is 2.03. The number of nitrogens with zero attached hydrogens (tertiary/aromatic N) is 2. The summed E-state index contributed by atoms with van der Waals surface area (Å²) < 4.78 is 0.988. The van der Waals surface area contributed by atoms with Crippen LogP contribution in [0.5, 0.6) is 0 Å². The summed E-state index contributed by atoms with van der Waals surface area (Å²) in [4.78, 5) is 8.54. The molecule has 2 aromatic rings. The first-order chi connectivity index (χ1) is 7.29. The summed E-state index contributed by atoms with van der Waals surface area (Å²) in [5, 5.41) is 4.20. The maximum Gasteiger partial charge on any atom is 0.159 e. The van der Waals surface area contributed by atoms with Gasteiger partial charge in [-0.15, -0.1) is 24.8 Å². The van der Waals surface area contributed by atoms with Crippen LogP contribution in [-0.2, 0) is 6.42 Å². The summed E-state index contributed by atoms with van der Waals surface area (Å²) in [6, 6.07) is 4.18. The molecule has 2 aromatic heterocycles. The molecule has 0 spiro atoms. The molecule has 6 heteroatoms. The molecule has 0 unspecified atom stereocenters. The van der Waals surface area contributed by atoms with E-state index in [4.69, 9.17) is 0 Å². The smallest absolute Gasteiger partial charge is 0.159 e. The third-order valence-electron chi connectivity index (χ3n) is 2.22. The molecule has 0 amide bonds. The summed E-state index contributed by atoms with van der Waals surface area (Å²) >= 11 is 3.41. The van der Waals surface area contributed by atoms with E-state index >= 15 is 0 Å². The first kappa shape index (κ1) is 16.6. The highest BCUT2D eigenvalue weighted by Crippen LogP contribution is 2.16. The number of hydrogen-bond donors (Lipinski definition) is 1. The molecule has 0 aliphatic carbocycles. The van der Waals surface area contributed by atoms with E-state index in [1.807, 2.05) is 19.3 Å². The zero-order chi connectivity index (χ0) is 10.7. The monoisotopic (exact) mass is 337 g/mol. The van der Waals surface area contributed by atoms with Crippen LogP contribution in [-0.4, -0.2) is 23.6 Å². The average Bonchev–Trinajstić information content (AvgIpc) is 2.25. The summed E-state index contributed by atoms with van der Waals surface area (Å²) in [5.74, 6) is 0. The van der Waals surface area contributed by atoms with E-state index in [0.29, 0.717) is 0 Å². The van der Waals surface area contributed by atoms with Gasteiger partial charge in [0, 0.05) is 22.3 Å². The minimum atomic E-state index is 0. The topological polar surface area (TPSA) is 37.8 Å². The van der Waals surface area contributed by atoms with Crippen molar-refractivity contribution in [3.8, 4) is 0 Å². The van der Waals surface area contributed by atoms with Crippen LogP contribution >= 0.6 is 40.7 Å². The minimum absolute atomic E-state index is 0. The van der Waals surface area contributed by atoms with Gasteiger partial charge in [-0.25, -0.2) is 9.97 Å². The van der Waals surface area contributed by atoms with Crippen molar-refractivity contribution in [2.45, 2.75) is 6.42 Å². The highest BCUT2D eigenvalue weighted by Gasteiger charge is 1.99. The lowest BCUT2D eigenvalue weighted by atomic mass is 10.1. The highest BCUT2D eigenvalue weighted by molar-refractivity contribution is 9.10. The molecule has 0 saturated carbocycles. The molecule has 0 saturated heterocycles. The second-order valence-corrected chi connectivity index (χ2v) is 4.31. The van der Waals surface area contributed by atoms with Gasteiger partial charge in [0.15, 0.2) is 5.65 Å².